The zero-order valence-electron chi connectivity index (χ0n) is 16.0. The minimum atomic E-state index is -0.136. The van der Waals surface area contributed by atoms with Crippen LogP contribution in [0.5, 0.6) is 0 Å². The highest BCUT2D eigenvalue weighted by atomic mass is 16.5. The van der Waals surface area contributed by atoms with Crippen molar-refractivity contribution in [2.75, 3.05) is 6.61 Å². The average molecular weight is 309 g/mol. The zero-order valence-corrected chi connectivity index (χ0v) is 16.0. The number of allylic oxidation sites excluding steroid dienone is 3. The van der Waals surface area contributed by atoms with E-state index in [1.165, 1.54) is 29.6 Å². The average Bonchev–Trinajstić information content (AvgIpc) is 2.44. The van der Waals surface area contributed by atoms with Crippen LogP contribution in [0.4, 0.5) is 0 Å². The molecule has 22 heavy (non-hydrogen) atoms. The topological polar surface area (TPSA) is 26.3 Å². The molecule has 0 aliphatic rings. The molecule has 2 heteroatoms. The van der Waals surface area contributed by atoms with Gasteiger partial charge >= 0.3 is 5.97 Å². The number of hydrogen-bond acceptors (Lipinski definition) is 2. The fraction of sp³-hybridized carbons (Fsp3) is 0.750. The summed E-state index contributed by atoms with van der Waals surface area (Å²) in [5.74, 6) is 0.969. The summed E-state index contributed by atoms with van der Waals surface area (Å²) in [6, 6.07) is 0. The lowest BCUT2D eigenvalue weighted by molar-refractivity contribution is -0.146. The molecule has 0 fully saturated rings. The van der Waals surface area contributed by atoms with Crippen molar-refractivity contribution in [3.8, 4) is 0 Å². The highest BCUT2D eigenvalue weighted by Crippen LogP contribution is 2.27. The minimum absolute atomic E-state index is 0.108. The smallest absolute Gasteiger partial charge is 0.312 e. The van der Waals surface area contributed by atoms with Gasteiger partial charge in [0.1, 0.15) is 0 Å². The van der Waals surface area contributed by atoms with Gasteiger partial charge in [0.25, 0.3) is 0 Å². The molecule has 0 N–H and O–H groups in total. The fourth-order valence-electron chi connectivity index (χ4n) is 2.73. The number of rotatable bonds is 9. The van der Waals surface area contributed by atoms with E-state index in [1.54, 1.807) is 0 Å². The van der Waals surface area contributed by atoms with E-state index in [0.29, 0.717) is 18.4 Å². The van der Waals surface area contributed by atoms with Crippen LogP contribution in [0.2, 0.25) is 0 Å². The van der Waals surface area contributed by atoms with Crippen LogP contribution in [0, 0.1) is 17.8 Å². The van der Waals surface area contributed by atoms with Crippen molar-refractivity contribution in [2.45, 2.75) is 74.7 Å². The summed E-state index contributed by atoms with van der Waals surface area (Å²) >= 11 is 0. The first-order chi connectivity index (χ1) is 10.2. The third-order valence-electron chi connectivity index (χ3n) is 4.62. The molecule has 0 saturated carbocycles. The largest absolute Gasteiger partial charge is 0.466 e. The van der Waals surface area contributed by atoms with Crippen LogP contribution in [-0.2, 0) is 9.53 Å². The van der Waals surface area contributed by atoms with Crippen molar-refractivity contribution in [3.05, 3.63) is 22.8 Å². The Bertz CT molecular complexity index is 400. The van der Waals surface area contributed by atoms with Crippen molar-refractivity contribution >= 4 is 5.97 Å². The summed E-state index contributed by atoms with van der Waals surface area (Å²) in [4.78, 5) is 11.9. The molecule has 2 nitrogen and oxygen atoms in total. The Morgan fingerprint density at radius 2 is 1.64 bits per heavy atom. The number of carbonyl (C=O) groups excluding carboxylic acids is 1. The Labute approximate surface area is 138 Å². The van der Waals surface area contributed by atoms with Crippen molar-refractivity contribution in [3.63, 3.8) is 0 Å². The molecule has 128 valence electrons. The van der Waals surface area contributed by atoms with Gasteiger partial charge in [-0.1, -0.05) is 36.6 Å². The first-order valence-corrected chi connectivity index (χ1v) is 8.67. The lowest BCUT2D eigenvalue weighted by Gasteiger charge is -2.22. The molecule has 3 atom stereocenters. The van der Waals surface area contributed by atoms with Crippen LogP contribution in [0.15, 0.2) is 22.8 Å². The van der Waals surface area contributed by atoms with Gasteiger partial charge in [0, 0.05) is 0 Å². The van der Waals surface area contributed by atoms with Crippen molar-refractivity contribution in [1.29, 1.82) is 0 Å². The Kier molecular flexibility index (Phi) is 10.1. The van der Waals surface area contributed by atoms with Gasteiger partial charge in [0.15, 0.2) is 0 Å². The number of esters is 1. The summed E-state index contributed by atoms with van der Waals surface area (Å²) in [7, 11) is 0. The van der Waals surface area contributed by atoms with E-state index < -0.39 is 0 Å². The van der Waals surface area contributed by atoms with Crippen molar-refractivity contribution in [2.24, 2.45) is 17.8 Å². The van der Waals surface area contributed by atoms with Gasteiger partial charge in [-0.2, -0.15) is 0 Å². The van der Waals surface area contributed by atoms with Crippen LogP contribution in [0.25, 0.3) is 0 Å². The molecule has 0 rings (SSSR count). The predicted molar refractivity (Wildman–Crippen MR) is 95.8 cm³/mol. The first-order valence-electron chi connectivity index (χ1n) is 8.67. The van der Waals surface area contributed by atoms with Gasteiger partial charge in [0.2, 0.25) is 0 Å². The van der Waals surface area contributed by atoms with Gasteiger partial charge in [-0.3, -0.25) is 4.79 Å². The second-order valence-electron chi connectivity index (χ2n) is 6.94. The lowest BCUT2D eigenvalue weighted by Crippen LogP contribution is -2.18. The summed E-state index contributed by atoms with van der Waals surface area (Å²) < 4.78 is 5.13. The second-order valence-corrected chi connectivity index (χ2v) is 6.94. The quantitative estimate of drug-likeness (QED) is 0.390. The number of hydrogen-bond donors (Lipinski definition) is 0. The SMILES string of the molecule is CCOC(=O)C(C)/C(C)=C(\C)C(C)CC(C)CCC=C(C)C. The summed E-state index contributed by atoms with van der Waals surface area (Å²) in [5.41, 5.74) is 3.91. The minimum Gasteiger partial charge on any atom is -0.466 e. The Hall–Kier alpha value is -1.05. The monoisotopic (exact) mass is 308 g/mol. The Morgan fingerprint density at radius 3 is 2.14 bits per heavy atom. The molecule has 0 amide bonds. The number of ether oxygens (including phenoxy) is 1. The molecule has 0 saturated heterocycles. The molecular weight excluding hydrogens is 272 g/mol. The lowest BCUT2D eigenvalue weighted by atomic mass is 9.84. The fourth-order valence-corrected chi connectivity index (χ4v) is 2.73. The molecule has 0 radical (unpaired) electrons. The van der Waals surface area contributed by atoms with Crippen LogP contribution in [-0.4, -0.2) is 12.6 Å². The van der Waals surface area contributed by atoms with E-state index in [0.717, 1.165) is 6.42 Å². The molecule has 0 aromatic carbocycles. The first kappa shape index (κ1) is 20.9. The molecule has 0 aromatic heterocycles. The van der Waals surface area contributed by atoms with E-state index in [4.69, 9.17) is 4.74 Å². The highest BCUT2D eigenvalue weighted by Gasteiger charge is 2.20. The van der Waals surface area contributed by atoms with Gasteiger partial charge in [-0.15, -0.1) is 0 Å². The maximum Gasteiger partial charge on any atom is 0.312 e. The van der Waals surface area contributed by atoms with Gasteiger partial charge in [-0.25, -0.2) is 0 Å². The summed E-state index contributed by atoms with van der Waals surface area (Å²) in [5, 5.41) is 0. The second kappa shape index (κ2) is 10.6. The predicted octanol–water partition coefficient (Wildman–Crippen LogP) is 5.93. The highest BCUT2D eigenvalue weighted by molar-refractivity contribution is 5.75. The molecule has 0 aliphatic carbocycles. The van der Waals surface area contributed by atoms with Crippen LogP contribution >= 0.6 is 0 Å². The van der Waals surface area contributed by atoms with Crippen LogP contribution in [0.1, 0.15) is 74.7 Å². The standard InChI is InChI=1S/C20H36O2/c1-9-22-20(21)19(8)18(7)17(6)16(5)13-15(4)12-10-11-14(2)3/h11,15-16,19H,9-10,12-13H2,1-8H3/b18-17+. The van der Waals surface area contributed by atoms with Crippen molar-refractivity contribution in [1.82, 2.24) is 0 Å². The molecular formula is C20H36O2. The van der Waals surface area contributed by atoms with Crippen molar-refractivity contribution < 1.29 is 9.53 Å². The maximum absolute atomic E-state index is 11.9. The molecule has 0 heterocycles. The number of carbonyl (C=O) groups is 1. The van der Waals surface area contributed by atoms with E-state index >= 15 is 0 Å². The van der Waals surface area contributed by atoms with E-state index in [-0.39, 0.29) is 11.9 Å². The zero-order chi connectivity index (χ0) is 17.3. The van der Waals surface area contributed by atoms with Gasteiger partial charge < -0.3 is 4.74 Å². The Balaban J connectivity index is 4.61. The molecule has 3 unspecified atom stereocenters. The maximum atomic E-state index is 11.9. The molecule has 0 aromatic rings. The van der Waals surface area contributed by atoms with Crippen LogP contribution < -0.4 is 0 Å². The molecule has 0 bridgehead atoms. The van der Waals surface area contributed by atoms with E-state index in [1.807, 2.05) is 13.8 Å². The summed E-state index contributed by atoms with van der Waals surface area (Å²) in [6.07, 6.45) is 5.89. The van der Waals surface area contributed by atoms with E-state index in [2.05, 4.69) is 47.6 Å². The van der Waals surface area contributed by atoms with Crippen LogP contribution in [0.3, 0.4) is 0 Å². The molecule has 0 spiro atoms. The van der Waals surface area contributed by atoms with E-state index in [9.17, 15) is 4.79 Å². The Morgan fingerprint density at radius 1 is 1.05 bits per heavy atom. The third-order valence-corrected chi connectivity index (χ3v) is 4.62. The molecule has 0 aliphatic heterocycles. The van der Waals surface area contributed by atoms with Gasteiger partial charge in [-0.05, 0) is 72.6 Å². The van der Waals surface area contributed by atoms with Gasteiger partial charge in [0.05, 0.1) is 12.5 Å². The summed E-state index contributed by atoms with van der Waals surface area (Å²) in [6.45, 7) is 17.4. The third kappa shape index (κ3) is 7.82. The normalized spacial score (nSPS) is 16.4.